The molecule has 1 saturated carbocycles. The van der Waals surface area contributed by atoms with Crippen molar-refractivity contribution >= 4 is 17.3 Å². The Balaban J connectivity index is 1.34. The molecule has 1 saturated heterocycles. The Morgan fingerprint density at radius 2 is 2.11 bits per heavy atom. The van der Waals surface area contributed by atoms with Gasteiger partial charge in [0.15, 0.2) is 5.79 Å². The van der Waals surface area contributed by atoms with Crippen LogP contribution in [0, 0.1) is 16.0 Å². The number of fused-ring (bicyclic) bond motifs is 1. The highest BCUT2D eigenvalue weighted by Crippen LogP contribution is 2.42. The molecule has 1 aromatic carbocycles. The molecular weight excluding hydrogens is 468 g/mol. The van der Waals surface area contributed by atoms with Crippen molar-refractivity contribution < 1.29 is 24.3 Å². The minimum Gasteiger partial charge on any atom is -0.396 e. The summed E-state index contributed by atoms with van der Waals surface area (Å²) in [5.41, 5.74) is 1.12. The number of aliphatic hydroxyl groups is 1. The maximum Gasteiger partial charge on any atom is 0.269 e. The van der Waals surface area contributed by atoms with E-state index in [0.29, 0.717) is 17.8 Å². The molecule has 2 fully saturated rings. The number of carbonyl (C=O) groups excluding carboxylic acids is 1. The standard InChI is InChI=1S/C24H26N6O6/c1-24(2)35-21-15(12-31)9-19(22(21)36-24)27-23-17(10-25-13-26-23)20(32)18-6-7-29(28-18)11-14-4-3-5-16(8-14)30(33)34/h3-8,10,13,15,19,21-22,31H,9,11-12H2,1-2H3,(H,25,26,27)/t15-,19-,21-,22+/m1/s1. The molecule has 0 amide bonds. The van der Waals surface area contributed by atoms with Crippen molar-refractivity contribution in [2.75, 3.05) is 11.9 Å². The molecule has 1 aliphatic heterocycles. The number of rotatable bonds is 8. The number of ether oxygens (including phenoxy) is 2. The van der Waals surface area contributed by atoms with Crippen LogP contribution >= 0.6 is 0 Å². The summed E-state index contributed by atoms with van der Waals surface area (Å²) in [6.45, 7) is 3.91. The number of nitrogens with one attached hydrogen (secondary N) is 1. The number of anilines is 1. The van der Waals surface area contributed by atoms with Crippen molar-refractivity contribution in [3.63, 3.8) is 0 Å². The van der Waals surface area contributed by atoms with E-state index in [-0.39, 0.29) is 60.0 Å². The number of ketones is 1. The van der Waals surface area contributed by atoms with Crippen molar-refractivity contribution in [2.24, 2.45) is 5.92 Å². The molecule has 36 heavy (non-hydrogen) atoms. The zero-order valence-electron chi connectivity index (χ0n) is 19.8. The predicted octanol–water partition coefficient (Wildman–Crippen LogP) is 2.17. The first-order valence-electron chi connectivity index (χ1n) is 11.6. The van der Waals surface area contributed by atoms with Gasteiger partial charge < -0.3 is 19.9 Å². The van der Waals surface area contributed by atoms with Crippen molar-refractivity contribution in [2.45, 2.75) is 50.8 Å². The van der Waals surface area contributed by atoms with Gasteiger partial charge >= 0.3 is 0 Å². The van der Waals surface area contributed by atoms with Crippen molar-refractivity contribution in [3.8, 4) is 0 Å². The Bertz CT molecular complexity index is 1290. The fourth-order valence-corrected chi connectivity index (χ4v) is 4.86. The molecule has 2 aromatic heterocycles. The summed E-state index contributed by atoms with van der Waals surface area (Å²) in [4.78, 5) is 32.2. The van der Waals surface area contributed by atoms with Crippen molar-refractivity contribution in [1.29, 1.82) is 0 Å². The van der Waals surface area contributed by atoms with Crippen LogP contribution in [0.25, 0.3) is 0 Å². The SMILES string of the molecule is CC1(C)O[C@@H]2[C@@H](CO)C[C@@H](Nc3ncncc3C(=O)c3ccn(Cc4cccc([N+](=O)[O-])c4)n3)[C@@H]2O1. The number of non-ortho nitro benzene ring substituents is 1. The van der Waals surface area contributed by atoms with Gasteiger partial charge in [0.25, 0.3) is 5.69 Å². The lowest BCUT2D eigenvalue weighted by molar-refractivity contribution is -0.384. The lowest BCUT2D eigenvalue weighted by Gasteiger charge is -2.24. The number of nitrogens with zero attached hydrogens (tertiary/aromatic N) is 5. The van der Waals surface area contributed by atoms with E-state index in [1.165, 1.54) is 24.7 Å². The lowest BCUT2D eigenvalue weighted by Crippen LogP contribution is -2.35. The number of carbonyl (C=O) groups is 1. The van der Waals surface area contributed by atoms with Crippen LogP contribution in [-0.2, 0) is 16.0 Å². The second-order valence-corrected chi connectivity index (χ2v) is 9.43. The van der Waals surface area contributed by atoms with E-state index >= 15 is 0 Å². The van der Waals surface area contributed by atoms with Crippen LogP contribution in [0.4, 0.5) is 11.5 Å². The maximum absolute atomic E-state index is 13.3. The van der Waals surface area contributed by atoms with Gasteiger partial charge in [0.2, 0.25) is 5.78 Å². The molecule has 3 heterocycles. The maximum atomic E-state index is 13.3. The van der Waals surface area contributed by atoms with E-state index in [2.05, 4.69) is 20.4 Å². The van der Waals surface area contributed by atoms with Crippen LogP contribution in [0.15, 0.2) is 49.1 Å². The largest absolute Gasteiger partial charge is 0.396 e. The molecule has 1 aliphatic carbocycles. The molecule has 0 bridgehead atoms. The second-order valence-electron chi connectivity index (χ2n) is 9.43. The minimum absolute atomic E-state index is 0.00859. The van der Waals surface area contributed by atoms with Crippen LogP contribution in [0.1, 0.15) is 41.9 Å². The average Bonchev–Trinajstić information content (AvgIpc) is 3.53. The van der Waals surface area contributed by atoms with Gasteiger partial charge in [0, 0.05) is 37.1 Å². The lowest BCUT2D eigenvalue weighted by atomic mass is 10.1. The number of aromatic nitrogens is 4. The molecule has 0 spiro atoms. The van der Waals surface area contributed by atoms with Gasteiger partial charge in [-0.15, -0.1) is 0 Å². The Labute approximate surface area is 206 Å². The monoisotopic (exact) mass is 494 g/mol. The fourth-order valence-electron chi connectivity index (χ4n) is 4.86. The number of hydrogen-bond donors (Lipinski definition) is 2. The van der Waals surface area contributed by atoms with Gasteiger partial charge in [-0.25, -0.2) is 9.97 Å². The molecule has 12 nitrogen and oxygen atoms in total. The van der Waals surface area contributed by atoms with E-state index in [1.807, 2.05) is 13.8 Å². The van der Waals surface area contributed by atoms with Gasteiger partial charge in [-0.1, -0.05) is 12.1 Å². The zero-order chi connectivity index (χ0) is 25.4. The molecule has 3 aromatic rings. The zero-order valence-corrected chi connectivity index (χ0v) is 19.8. The van der Waals surface area contributed by atoms with Crippen LogP contribution in [0.2, 0.25) is 0 Å². The predicted molar refractivity (Wildman–Crippen MR) is 126 cm³/mol. The molecule has 0 radical (unpaired) electrons. The van der Waals surface area contributed by atoms with Gasteiger partial charge in [0.05, 0.1) is 29.2 Å². The van der Waals surface area contributed by atoms with E-state index in [4.69, 9.17) is 9.47 Å². The smallest absolute Gasteiger partial charge is 0.269 e. The van der Waals surface area contributed by atoms with Gasteiger partial charge in [-0.3, -0.25) is 19.6 Å². The van der Waals surface area contributed by atoms with E-state index in [1.54, 1.807) is 29.1 Å². The van der Waals surface area contributed by atoms with E-state index in [9.17, 15) is 20.0 Å². The molecule has 188 valence electrons. The molecule has 12 heteroatoms. The number of hydrogen-bond acceptors (Lipinski definition) is 10. The molecular formula is C24H26N6O6. The van der Waals surface area contributed by atoms with Gasteiger partial charge in [-0.2, -0.15) is 5.10 Å². The van der Waals surface area contributed by atoms with Gasteiger partial charge in [-0.05, 0) is 31.9 Å². The number of aliphatic hydroxyl groups excluding tert-OH is 1. The topological polar surface area (TPSA) is 155 Å². The summed E-state index contributed by atoms with van der Waals surface area (Å²) in [5.74, 6) is -0.883. The van der Waals surface area contributed by atoms with Gasteiger partial charge in [0.1, 0.15) is 23.9 Å². The summed E-state index contributed by atoms with van der Waals surface area (Å²) in [6.07, 6.45) is 4.46. The van der Waals surface area contributed by atoms with Crippen LogP contribution in [0.5, 0.6) is 0 Å². The fraction of sp³-hybridized carbons (Fsp3) is 0.417. The molecule has 4 atom stereocenters. The van der Waals surface area contributed by atoms with Crippen LogP contribution in [0.3, 0.4) is 0 Å². The number of nitro groups is 1. The van der Waals surface area contributed by atoms with E-state index < -0.39 is 10.7 Å². The molecule has 2 N–H and O–H groups in total. The first kappa shape index (κ1) is 24.0. The van der Waals surface area contributed by atoms with Crippen LogP contribution in [-0.4, -0.2) is 66.2 Å². The minimum atomic E-state index is -0.764. The summed E-state index contributed by atoms with van der Waals surface area (Å²) < 4.78 is 13.6. The van der Waals surface area contributed by atoms with Crippen molar-refractivity contribution in [3.05, 3.63) is 76.0 Å². The average molecular weight is 495 g/mol. The normalized spacial score (nSPS) is 24.4. The Morgan fingerprint density at radius 1 is 1.31 bits per heavy atom. The first-order chi connectivity index (χ1) is 17.2. The summed E-state index contributed by atoms with van der Waals surface area (Å²) in [7, 11) is 0. The Morgan fingerprint density at radius 3 is 2.89 bits per heavy atom. The third-order valence-electron chi connectivity index (χ3n) is 6.43. The Hall–Kier alpha value is -3.74. The number of nitro benzene ring substituents is 1. The molecule has 0 unspecified atom stereocenters. The quantitative estimate of drug-likeness (QED) is 0.270. The third kappa shape index (κ3) is 4.70. The second kappa shape index (κ2) is 9.37. The highest BCUT2D eigenvalue weighted by atomic mass is 16.8. The van der Waals surface area contributed by atoms with E-state index in [0.717, 1.165) is 0 Å². The highest BCUT2D eigenvalue weighted by molar-refractivity contribution is 6.10. The summed E-state index contributed by atoms with van der Waals surface area (Å²) in [5, 5.41) is 28.5. The summed E-state index contributed by atoms with van der Waals surface area (Å²) in [6, 6.07) is 7.62. The highest BCUT2D eigenvalue weighted by Gasteiger charge is 2.54. The number of benzene rings is 1. The van der Waals surface area contributed by atoms with Crippen LogP contribution < -0.4 is 5.32 Å². The Kier molecular flexibility index (Phi) is 6.24. The first-order valence-corrected chi connectivity index (χ1v) is 11.6. The summed E-state index contributed by atoms with van der Waals surface area (Å²) >= 11 is 0. The van der Waals surface area contributed by atoms with Crippen molar-refractivity contribution in [1.82, 2.24) is 19.7 Å². The molecule has 2 aliphatic rings. The molecule has 5 rings (SSSR count). The third-order valence-corrected chi connectivity index (χ3v) is 6.43.